The largest absolute Gasteiger partial charge is 0.380 e. The molecule has 0 fully saturated rings. The highest BCUT2D eigenvalue weighted by molar-refractivity contribution is 7.98. The van der Waals surface area contributed by atoms with E-state index in [2.05, 4.69) is 44.1 Å². The van der Waals surface area contributed by atoms with Crippen LogP contribution >= 0.6 is 11.8 Å². The molecule has 0 aliphatic heterocycles. The zero-order valence-electron chi connectivity index (χ0n) is 12.1. The van der Waals surface area contributed by atoms with Crippen molar-refractivity contribution >= 4 is 11.8 Å². The van der Waals surface area contributed by atoms with Crippen molar-refractivity contribution < 1.29 is 5.11 Å². The lowest BCUT2D eigenvalue weighted by molar-refractivity contribution is 0.150. The minimum atomic E-state index is -0.503. The molecule has 2 atom stereocenters. The average Bonchev–Trinajstić information content (AvgIpc) is 2.46. The van der Waals surface area contributed by atoms with Crippen LogP contribution in [0.5, 0.6) is 0 Å². The highest BCUT2D eigenvalue weighted by atomic mass is 32.2. The van der Waals surface area contributed by atoms with Gasteiger partial charge >= 0.3 is 0 Å². The van der Waals surface area contributed by atoms with Crippen molar-refractivity contribution in [2.75, 3.05) is 6.26 Å². The summed E-state index contributed by atoms with van der Waals surface area (Å²) in [7, 11) is 0. The van der Waals surface area contributed by atoms with Gasteiger partial charge in [-0.2, -0.15) is 0 Å². The first-order valence-electron chi connectivity index (χ1n) is 7.04. The molecule has 0 saturated heterocycles. The quantitative estimate of drug-likeness (QED) is 0.616. The van der Waals surface area contributed by atoms with Crippen molar-refractivity contribution in [3.05, 3.63) is 29.8 Å². The van der Waals surface area contributed by atoms with Crippen LogP contribution in [-0.2, 0) is 0 Å². The molecule has 1 aromatic rings. The summed E-state index contributed by atoms with van der Waals surface area (Å²) in [6.45, 7) is 4.30. The number of thioether (sulfide) groups is 1. The van der Waals surface area contributed by atoms with Crippen molar-refractivity contribution in [2.24, 2.45) is 5.92 Å². The number of unbranched alkanes of at least 4 members (excludes halogenated alkanes) is 1. The fourth-order valence-corrected chi connectivity index (χ4v) is 2.41. The Labute approximate surface area is 121 Å². The summed E-state index contributed by atoms with van der Waals surface area (Å²) in [6, 6.07) is 8.15. The Hall–Kier alpha value is -0.910. The highest BCUT2D eigenvalue weighted by Crippen LogP contribution is 2.17. The van der Waals surface area contributed by atoms with E-state index in [1.165, 1.54) is 17.7 Å². The normalized spacial score (nSPS) is 13.5. The van der Waals surface area contributed by atoms with E-state index in [0.717, 1.165) is 18.4 Å². The van der Waals surface area contributed by atoms with Gasteiger partial charge in [0.1, 0.15) is 6.10 Å². The van der Waals surface area contributed by atoms with Crippen LogP contribution in [0.25, 0.3) is 0 Å². The van der Waals surface area contributed by atoms with E-state index < -0.39 is 6.10 Å². The third kappa shape index (κ3) is 5.72. The predicted molar refractivity (Wildman–Crippen MR) is 84.4 cm³/mol. The fourth-order valence-electron chi connectivity index (χ4n) is 2.00. The molecule has 0 radical (unpaired) electrons. The zero-order chi connectivity index (χ0) is 14.1. The second-order valence-corrected chi connectivity index (χ2v) is 5.63. The van der Waals surface area contributed by atoms with Gasteiger partial charge in [0, 0.05) is 10.5 Å². The van der Waals surface area contributed by atoms with E-state index in [1.807, 2.05) is 12.1 Å². The van der Waals surface area contributed by atoms with Crippen molar-refractivity contribution in [2.45, 2.75) is 50.5 Å². The van der Waals surface area contributed by atoms with Crippen LogP contribution in [0.2, 0.25) is 0 Å². The van der Waals surface area contributed by atoms with Gasteiger partial charge in [0.25, 0.3) is 0 Å². The molecule has 0 bridgehead atoms. The molecule has 0 spiro atoms. The molecule has 0 aliphatic carbocycles. The predicted octanol–water partition coefficient (Wildman–Crippen LogP) is 4.34. The van der Waals surface area contributed by atoms with Crippen LogP contribution in [0, 0.1) is 17.8 Å². The van der Waals surface area contributed by atoms with Gasteiger partial charge in [-0.15, -0.1) is 11.8 Å². The summed E-state index contributed by atoms with van der Waals surface area (Å²) in [5.41, 5.74) is 0.974. The molecule has 2 heteroatoms. The van der Waals surface area contributed by atoms with Crippen molar-refractivity contribution in [1.82, 2.24) is 0 Å². The molecule has 0 aliphatic rings. The Bertz CT molecular complexity index is 413. The Morgan fingerprint density at radius 2 is 1.89 bits per heavy atom. The summed E-state index contributed by atoms with van der Waals surface area (Å²) in [5, 5.41) is 10.1. The first kappa shape index (κ1) is 16.1. The summed E-state index contributed by atoms with van der Waals surface area (Å²) >= 11 is 1.72. The lowest BCUT2D eigenvalue weighted by Gasteiger charge is -2.16. The van der Waals surface area contributed by atoms with Crippen molar-refractivity contribution in [3.63, 3.8) is 0 Å². The molecular weight excluding hydrogens is 252 g/mol. The Morgan fingerprint density at radius 3 is 2.42 bits per heavy atom. The van der Waals surface area contributed by atoms with Crippen LogP contribution in [0.1, 0.15) is 45.1 Å². The minimum Gasteiger partial charge on any atom is -0.380 e. The highest BCUT2D eigenvalue weighted by Gasteiger charge is 2.13. The zero-order valence-corrected chi connectivity index (χ0v) is 13.0. The van der Waals surface area contributed by atoms with Gasteiger partial charge in [-0.3, -0.25) is 0 Å². The van der Waals surface area contributed by atoms with Gasteiger partial charge in [-0.25, -0.2) is 0 Å². The van der Waals surface area contributed by atoms with Gasteiger partial charge in [-0.1, -0.05) is 38.5 Å². The van der Waals surface area contributed by atoms with Crippen LogP contribution in [-0.4, -0.2) is 17.5 Å². The van der Waals surface area contributed by atoms with Gasteiger partial charge in [0.15, 0.2) is 0 Å². The molecule has 0 amide bonds. The number of hydrogen-bond acceptors (Lipinski definition) is 2. The molecule has 1 N–H and O–H groups in total. The van der Waals surface area contributed by atoms with E-state index in [4.69, 9.17) is 0 Å². The Balaban J connectivity index is 2.63. The first-order valence-corrected chi connectivity index (χ1v) is 8.27. The second kappa shape index (κ2) is 9.07. The third-order valence-corrected chi connectivity index (χ3v) is 4.10. The van der Waals surface area contributed by atoms with Gasteiger partial charge in [-0.05, 0) is 49.3 Å². The third-order valence-electron chi connectivity index (χ3n) is 3.35. The summed E-state index contributed by atoms with van der Waals surface area (Å²) in [5.74, 6) is 6.38. The number of aliphatic hydroxyl groups is 1. The molecule has 2 unspecified atom stereocenters. The summed E-state index contributed by atoms with van der Waals surface area (Å²) in [4.78, 5) is 1.24. The Morgan fingerprint density at radius 1 is 1.21 bits per heavy atom. The van der Waals surface area contributed by atoms with Crippen LogP contribution in [0.15, 0.2) is 29.2 Å². The Kier molecular flexibility index (Phi) is 7.70. The molecule has 104 valence electrons. The molecular formula is C17H24OS. The fraction of sp³-hybridized carbons (Fsp3) is 0.529. The molecule has 1 aromatic carbocycles. The summed E-state index contributed by atoms with van der Waals surface area (Å²) in [6.07, 6.45) is 5.95. The maximum absolute atomic E-state index is 10.1. The topological polar surface area (TPSA) is 20.2 Å². The van der Waals surface area contributed by atoms with Gasteiger partial charge in [0.2, 0.25) is 0 Å². The van der Waals surface area contributed by atoms with E-state index in [1.54, 1.807) is 11.8 Å². The number of benzene rings is 1. The van der Waals surface area contributed by atoms with Gasteiger partial charge < -0.3 is 5.11 Å². The molecule has 0 aromatic heterocycles. The van der Waals surface area contributed by atoms with Crippen molar-refractivity contribution in [1.29, 1.82) is 0 Å². The van der Waals surface area contributed by atoms with E-state index in [-0.39, 0.29) is 0 Å². The maximum Gasteiger partial charge on any atom is 0.117 e. The lowest BCUT2D eigenvalue weighted by atomic mass is 9.93. The number of hydrogen-bond donors (Lipinski definition) is 1. The lowest BCUT2D eigenvalue weighted by Crippen LogP contribution is -2.17. The minimum absolute atomic E-state index is 0.304. The molecule has 1 rings (SSSR count). The standard InChI is InChI=1S/C17H24OS/c1-4-6-7-15(5-2)17(18)13-10-14-8-11-16(19-3)12-9-14/h8-9,11-12,15,17-18H,4-7H2,1-3H3. The van der Waals surface area contributed by atoms with Gasteiger partial charge in [0.05, 0.1) is 0 Å². The number of rotatable bonds is 6. The second-order valence-electron chi connectivity index (χ2n) is 4.75. The van der Waals surface area contributed by atoms with Crippen LogP contribution in [0.4, 0.5) is 0 Å². The molecule has 19 heavy (non-hydrogen) atoms. The monoisotopic (exact) mass is 276 g/mol. The SMILES string of the molecule is CCCCC(CC)C(O)C#Cc1ccc(SC)cc1. The molecule has 1 nitrogen and oxygen atoms in total. The smallest absolute Gasteiger partial charge is 0.117 e. The van der Waals surface area contributed by atoms with E-state index >= 15 is 0 Å². The van der Waals surface area contributed by atoms with Crippen LogP contribution < -0.4 is 0 Å². The van der Waals surface area contributed by atoms with Crippen molar-refractivity contribution in [3.8, 4) is 11.8 Å². The molecule has 0 heterocycles. The van der Waals surface area contributed by atoms with E-state index in [0.29, 0.717) is 5.92 Å². The summed E-state index contributed by atoms with van der Waals surface area (Å²) < 4.78 is 0. The van der Waals surface area contributed by atoms with Crippen LogP contribution in [0.3, 0.4) is 0 Å². The van der Waals surface area contributed by atoms with E-state index in [9.17, 15) is 5.11 Å². The number of aliphatic hydroxyl groups excluding tert-OH is 1. The molecule has 0 saturated carbocycles. The maximum atomic E-state index is 10.1. The first-order chi connectivity index (χ1) is 9.21. The average molecular weight is 276 g/mol.